The number of nitrogen functional groups attached to an aromatic ring is 1. The molecule has 1 aromatic carbocycles. The van der Waals surface area contributed by atoms with Gasteiger partial charge in [-0.3, -0.25) is 4.98 Å². The molecule has 0 saturated heterocycles. The van der Waals surface area contributed by atoms with E-state index in [0.29, 0.717) is 11.3 Å². The molecule has 0 amide bonds. The van der Waals surface area contributed by atoms with Crippen LogP contribution in [0, 0.1) is 18.6 Å². The summed E-state index contributed by atoms with van der Waals surface area (Å²) in [6, 6.07) is 4.00. The van der Waals surface area contributed by atoms with Crippen molar-refractivity contribution in [2.45, 2.75) is 13.5 Å². The summed E-state index contributed by atoms with van der Waals surface area (Å²) in [4.78, 5) is 3.68. The van der Waals surface area contributed by atoms with Crippen molar-refractivity contribution < 1.29 is 13.5 Å². The lowest BCUT2D eigenvalue weighted by Crippen LogP contribution is -2.00. The SMILES string of the molecule is Cc1cc(OCc2cncc(F)c2)c(F)cc1N. The summed E-state index contributed by atoms with van der Waals surface area (Å²) in [6.45, 7) is 1.80. The number of nitrogens with zero attached hydrogens (tertiary/aromatic N) is 1. The molecule has 0 aliphatic carbocycles. The van der Waals surface area contributed by atoms with Gasteiger partial charge in [0.2, 0.25) is 0 Å². The molecule has 0 aliphatic heterocycles. The second kappa shape index (κ2) is 5.00. The van der Waals surface area contributed by atoms with Crippen molar-refractivity contribution in [3.63, 3.8) is 0 Å². The Morgan fingerprint density at radius 3 is 2.72 bits per heavy atom. The van der Waals surface area contributed by atoms with Gasteiger partial charge in [-0.15, -0.1) is 0 Å². The minimum absolute atomic E-state index is 0.0467. The molecule has 94 valence electrons. The van der Waals surface area contributed by atoms with Gasteiger partial charge in [-0.2, -0.15) is 0 Å². The molecule has 0 bridgehead atoms. The number of anilines is 1. The number of aryl methyl sites for hydroxylation is 1. The fourth-order valence-corrected chi connectivity index (χ4v) is 1.48. The highest BCUT2D eigenvalue weighted by Crippen LogP contribution is 2.24. The summed E-state index contributed by atoms with van der Waals surface area (Å²) in [5.41, 5.74) is 7.19. The lowest BCUT2D eigenvalue weighted by atomic mass is 10.2. The number of pyridine rings is 1. The quantitative estimate of drug-likeness (QED) is 0.852. The third kappa shape index (κ3) is 2.74. The first-order valence-corrected chi connectivity index (χ1v) is 5.34. The number of rotatable bonds is 3. The number of hydrogen-bond donors (Lipinski definition) is 1. The minimum atomic E-state index is -0.539. The van der Waals surface area contributed by atoms with Crippen LogP contribution in [0.15, 0.2) is 30.6 Å². The standard InChI is InChI=1S/C13H12F2N2O/c1-8-2-13(11(15)4-12(8)16)18-7-9-3-10(14)6-17-5-9/h2-6H,7,16H2,1H3. The molecule has 2 N–H and O–H groups in total. The van der Waals surface area contributed by atoms with E-state index in [0.717, 1.165) is 11.8 Å². The van der Waals surface area contributed by atoms with Gasteiger partial charge in [0.25, 0.3) is 0 Å². The molecule has 1 heterocycles. The molecule has 1 aromatic heterocycles. The van der Waals surface area contributed by atoms with Crippen LogP contribution in [0.2, 0.25) is 0 Å². The zero-order valence-electron chi connectivity index (χ0n) is 9.78. The number of hydrogen-bond acceptors (Lipinski definition) is 3. The van der Waals surface area contributed by atoms with E-state index < -0.39 is 11.6 Å². The van der Waals surface area contributed by atoms with Crippen LogP contribution < -0.4 is 10.5 Å². The molecule has 2 rings (SSSR count). The van der Waals surface area contributed by atoms with E-state index in [4.69, 9.17) is 10.5 Å². The van der Waals surface area contributed by atoms with Crippen LogP contribution in [-0.4, -0.2) is 4.98 Å². The van der Waals surface area contributed by atoms with E-state index in [2.05, 4.69) is 4.98 Å². The first kappa shape index (κ1) is 12.3. The predicted molar refractivity (Wildman–Crippen MR) is 64.1 cm³/mol. The average Bonchev–Trinajstić information content (AvgIpc) is 2.32. The van der Waals surface area contributed by atoms with Crippen LogP contribution in [0.25, 0.3) is 0 Å². The van der Waals surface area contributed by atoms with Crippen molar-refractivity contribution in [3.8, 4) is 5.75 Å². The molecule has 0 fully saturated rings. The molecule has 5 heteroatoms. The Kier molecular flexibility index (Phi) is 3.41. The summed E-state index contributed by atoms with van der Waals surface area (Å²) in [5.74, 6) is -0.904. The Hall–Kier alpha value is -2.17. The van der Waals surface area contributed by atoms with Crippen LogP contribution >= 0.6 is 0 Å². The maximum absolute atomic E-state index is 13.5. The largest absolute Gasteiger partial charge is 0.486 e. The van der Waals surface area contributed by atoms with Gasteiger partial charge in [0, 0.05) is 23.5 Å². The van der Waals surface area contributed by atoms with Gasteiger partial charge in [-0.25, -0.2) is 8.78 Å². The van der Waals surface area contributed by atoms with Crippen molar-refractivity contribution >= 4 is 5.69 Å². The summed E-state index contributed by atoms with van der Waals surface area (Å²) < 4.78 is 31.7. The molecule has 3 nitrogen and oxygen atoms in total. The summed E-state index contributed by atoms with van der Waals surface area (Å²) >= 11 is 0. The highest BCUT2D eigenvalue weighted by molar-refractivity contribution is 5.50. The molecule has 0 spiro atoms. The first-order valence-electron chi connectivity index (χ1n) is 5.34. The maximum atomic E-state index is 13.5. The highest BCUT2D eigenvalue weighted by atomic mass is 19.1. The molecule has 0 radical (unpaired) electrons. The molecule has 2 aromatic rings. The minimum Gasteiger partial charge on any atom is -0.486 e. The van der Waals surface area contributed by atoms with Gasteiger partial charge >= 0.3 is 0 Å². The van der Waals surface area contributed by atoms with E-state index in [1.807, 2.05) is 0 Å². The summed E-state index contributed by atoms with van der Waals surface area (Å²) in [5, 5.41) is 0. The Balaban J connectivity index is 2.13. The van der Waals surface area contributed by atoms with Gasteiger partial charge in [0.05, 0.1) is 6.20 Å². The van der Waals surface area contributed by atoms with Crippen LogP contribution in [0.4, 0.5) is 14.5 Å². The highest BCUT2D eigenvalue weighted by Gasteiger charge is 2.07. The number of ether oxygens (including phenoxy) is 1. The molecule has 0 saturated carbocycles. The van der Waals surface area contributed by atoms with Crippen LogP contribution in [-0.2, 0) is 6.61 Å². The van der Waals surface area contributed by atoms with E-state index in [1.165, 1.54) is 24.4 Å². The third-order valence-electron chi connectivity index (χ3n) is 2.48. The van der Waals surface area contributed by atoms with Crippen LogP contribution in [0.3, 0.4) is 0 Å². The molecule has 0 aliphatic rings. The van der Waals surface area contributed by atoms with E-state index in [1.54, 1.807) is 6.92 Å². The zero-order chi connectivity index (χ0) is 13.1. The molecule has 0 atom stereocenters. The Bertz CT molecular complexity index is 573. The lowest BCUT2D eigenvalue weighted by Gasteiger charge is -2.09. The number of nitrogens with two attached hydrogens (primary N) is 1. The fraction of sp³-hybridized carbons (Fsp3) is 0.154. The van der Waals surface area contributed by atoms with Gasteiger partial charge in [-0.05, 0) is 24.6 Å². The smallest absolute Gasteiger partial charge is 0.167 e. The van der Waals surface area contributed by atoms with E-state index in [-0.39, 0.29) is 12.4 Å². The molecule has 0 unspecified atom stereocenters. The van der Waals surface area contributed by atoms with Gasteiger partial charge < -0.3 is 10.5 Å². The second-order valence-corrected chi connectivity index (χ2v) is 3.94. The van der Waals surface area contributed by atoms with Gasteiger partial charge in [-0.1, -0.05) is 0 Å². The van der Waals surface area contributed by atoms with Crippen LogP contribution in [0.1, 0.15) is 11.1 Å². The predicted octanol–water partition coefficient (Wildman–Crippen LogP) is 2.83. The van der Waals surface area contributed by atoms with Crippen molar-refractivity contribution in [3.05, 3.63) is 53.4 Å². The Morgan fingerprint density at radius 1 is 1.22 bits per heavy atom. The van der Waals surface area contributed by atoms with E-state index in [9.17, 15) is 8.78 Å². The third-order valence-corrected chi connectivity index (χ3v) is 2.48. The van der Waals surface area contributed by atoms with Crippen molar-refractivity contribution in [1.82, 2.24) is 4.98 Å². The van der Waals surface area contributed by atoms with Crippen LogP contribution in [0.5, 0.6) is 5.75 Å². The zero-order valence-corrected chi connectivity index (χ0v) is 9.78. The van der Waals surface area contributed by atoms with Gasteiger partial charge in [0.15, 0.2) is 11.6 Å². The topological polar surface area (TPSA) is 48.1 Å². The molecular weight excluding hydrogens is 238 g/mol. The lowest BCUT2D eigenvalue weighted by molar-refractivity contribution is 0.289. The number of benzene rings is 1. The van der Waals surface area contributed by atoms with Crippen molar-refractivity contribution in [1.29, 1.82) is 0 Å². The van der Waals surface area contributed by atoms with Crippen molar-refractivity contribution in [2.24, 2.45) is 0 Å². The summed E-state index contributed by atoms with van der Waals surface area (Å²) in [7, 11) is 0. The monoisotopic (exact) mass is 250 g/mol. The Labute approximate surface area is 103 Å². The molecule has 18 heavy (non-hydrogen) atoms. The number of halogens is 2. The van der Waals surface area contributed by atoms with E-state index >= 15 is 0 Å². The van der Waals surface area contributed by atoms with Gasteiger partial charge in [0.1, 0.15) is 12.4 Å². The Morgan fingerprint density at radius 2 is 2.00 bits per heavy atom. The normalized spacial score (nSPS) is 10.4. The second-order valence-electron chi connectivity index (χ2n) is 3.94. The maximum Gasteiger partial charge on any atom is 0.167 e. The molecular formula is C13H12F2N2O. The fourth-order valence-electron chi connectivity index (χ4n) is 1.48. The van der Waals surface area contributed by atoms with Crippen molar-refractivity contribution in [2.75, 3.05) is 5.73 Å². The number of aromatic nitrogens is 1. The average molecular weight is 250 g/mol. The first-order chi connectivity index (χ1) is 8.56. The summed E-state index contributed by atoms with van der Waals surface area (Å²) in [6.07, 6.45) is 2.56.